The molecule has 0 aliphatic heterocycles. The van der Waals surface area contributed by atoms with Crippen LogP contribution in [0, 0.1) is 10.1 Å². The molecule has 0 saturated carbocycles. The van der Waals surface area contributed by atoms with Crippen molar-refractivity contribution in [3.63, 3.8) is 0 Å². The third kappa shape index (κ3) is 3.62. The van der Waals surface area contributed by atoms with Gasteiger partial charge in [0.05, 0.1) is 37.4 Å². The number of hydrogen-bond donors (Lipinski definition) is 2. The maximum atomic E-state index is 11.5. The number of hydrogen-bond acceptors (Lipinski definition) is 8. The minimum absolute atomic E-state index is 0.00333. The van der Waals surface area contributed by atoms with Crippen LogP contribution >= 0.6 is 0 Å². The van der Waals surface area contributed by atoms with E-state index in [2.05, 4.69) is 4.74 Å². The van der Waals surface area contributed by atoms with Crippen LogP contribution in [-0.4, -0.2) is 48.0 Å². The maximum Gasteiger partial charge on any atom is 0.338 e. The van der Waals surface area contributed by atoms with Crippen LogP contribution in [0.15, 0.2) is 12.1 Å². The van der Waals surface area contributed by atoms with Gasteiger partial charge in [-0.3, -0.25) is 10.1 Å². The van der Waals surface area contributed by atoms with Gasteiger partial charge in [-0.25, -0.2) is 4.79 Å². The lowest BCUT2D eigenvalue weighted by Crippen LogP contribution is -2.30. The average molecular weight is 315 g/mol. The molecule has 0 saturated heterocycles. The Hall–Kier alpha value is -2.39. The van der Waals surface area contributed by atoms with Crippen molar-refractivity contribution in [2.24, 2.45) is 0 Å². The van der Waals surface area contributed by atoms with Crippen molar-refractivity contribution >= 4 is 11.7 Å². The highest BCUT2D eigenvalue weighted by Crippen LogP contribution is 2.38. The molecule has 9 heteroatoms. The maximum absolute atomic E-state index is 11.5. The molecule has 0 aliphatic carbocycles. The van der Waals surface area contributed by atoms with Crippen molar-refractivity contribution in [3.8, 4) is 11.5 Å². The Kier molecular flexibility index (Phi) is 6.08. The van der Waals surface area contributed by atoms with E-state index in [9.17, 15) is 25.1 Å². The number of rotatable bonds is 7. The lowest BCUT2D eigenvalue weighted by atomic mass is 10.0. The fourth-order valence-corrected chi connectivity index (χ4v) is 1.81. The number of benzene rings is 1. The summed E-state index contributed by atoms with van der Waals surface area (Å²) in [6.07, 6.45) is -3.81. The summed E-state index contributed by atoms with van der Waals surface area (Å²) < 4.78 is 14.5. The van der Waals surface area contributed by atoms with Crippen LogP contribution in [0.4, 0.5) is 5.69 Å². The Morgan fingerprint density at radius 3 is 2.27 bits per heavy atom. The van der Waals surface area contributed by atoms with Crippen LogP contribution in [0.5, 0.6) is 11.5 Å². The molecule has 22 heavy (non-hydrogen) atoms. The van der Waals surface area contributed by atoms with Gasteiger partial charge in [0.2, 0.25) is 0 Å². The first-order valence-electron chi connectivity index (χ1n) is 6.30. The van der Waals surface area contributed by atoms with Crippen LogP contribution in [0.2, 0.25) is 0 Å². The number of carbonyl (C=O) groups excluding carboxylic acids is 1. The van der Waals surface area contributed by atoms with Gasteiger partial charge in [0.25, 0.3) is 5.69 Å². The molecule has 122 valence electrons. The first kappa shape index (κ1) is 17.7. The number of nitrogens with zero attached hydrogens (tertiary/aromatic N) is 1. The first-order chi connectivity index (χ1) is 10.4. The fraction of sp³-hybridized carbons (Fsp3) is 0.462. The van der Waals surface area contributed by atoms with Crippen LogP contribution in [0.3, 0.4) is 0 Å². The van der Waals surface area contributed by atoms with Crippen LogP contribution in [-0.2, 0) is 9.53 Å². The summed E-state index contributed by atoms with van der Waals surface area (Å²) >= 11 is 0. The van der Waals surface area contributed by atoms with E-state index in [-0.39, 0.29) is 23.7 Å². The second-order valence-corrected chi connectivity index (χ2v) is 4.16. The molecular formula is C13H17NO8. The highest BCUT2D eigenvalue weighted by atomic mass is 16.6. The van der Waals surface area contributed by atoms with E-state index in [0.717, 1.165) is 12.1 Å². The topological polar surface area (TPSA) is 128 Å². The molecule has 0 bridgehead atoms. The van der Waals surface area contributed by atoms with Crippen molar-refractivity contribution in [3.05, 3.63) is 27.8 Å². The molecule has 0 amide bonds. The molecule has 0 fully saturated rings. The van der Waals surface area contributed by atoms with Gasteiger partial charge in [0, 0.05) is 0 Å². The molecular weight excluding hydrogens is 298 g/mol. The highest BCUT2D eigenvalue weighted by molar-refractivity contribution is 5.76. The summed E-state index contributed by atoms with van der Waals surface area (Å²) in [5.41, 5.74) is -0.809. The molecule has 0 aliphatic rings. The van der Waals surface area contributed by atoms with Crippen molar-refractivity contribution in [1.29, 1.82) is 0 Å². The Bertz CT molecular complexity index is 559. The molecule has 0 radical (unpaired) electrons. The lowest BCUT2D eigenvalue weighted by Gasteiger charge is -2.18. The zero-order valence-electron chi connectivity index (χ0n) is 12.3. The number of nitro benzene ring substituents is 1. The Balaban J connectivity index is 3.31. The van der Waals surface area contributed by atoms with E-state index in [1.807, 2.05) is 0 Å². The van der Waals surface area contributed by atoms with E-state index in [0.29, 0.717) is 0 Å². The number of ether oxygens (including phenoxy) is 3. The minimum Gasteiger partial charge on any atom is -0.493 e. The SMILES string of the molecule is CCOC(=O)C(O)C(O)c1cc(OC)c(OC)cc1[N+](=O)[O-]. The summed E-state index contributed by atoms with van der Waals surface area (Å²) in [5.74, 6) is -0.895. The number of aliphatic hydroxyl groups excluding tert-OH is 2. The summed E-state index contributed by atoms with van der Waals surface area (Å²) in [6, 6.07) is 2.17. The predicted molar refractivity (Wildman–Crippen MR) is 73.8 cm³/mol. The van der Waals surface area contributed by atoms with E-state index >= 15 is 0 Å². The zero-order chi connectivity index (χ0) is 16.9. The molecule has 2 N–H and O–H groups in total. The van der Waals surface area contributed by atoms with Crippen LogP contribution in [0.1, 0.15) is 18.6 Å². The molecule has 0 spiro atoms. The third-order valence-corrected chi connectivity index (χ3v) is 2.88. The molecule has 1 rings (SSSR count). The highest BCUT2D eigenvalue weighted by Gasteiger charge is 2.33. The van der Waals surface area contributed by atoms with E-state index in [1.165, 1.54) is 21.1 Å². The van der Waals surface area contributed by atoms with Gasteiger partial charge in [-0.05, 0) is 13.0 Å². The van der Waals surface area contributed by atoms with E-state index in [4.69, 9.17) is 9.47 Å². The summed E-state index contributed by atoms with van der Waals surface area (Å²) in [7, 11) is 2.60. The average Bonchev–Trinajstić information content (AvgIpc) is 2.51. The summed E-state index contributed by atoms with van der Waals surface area (Å²) in [5, 5.41) is 30.9. The van der Waals surface area contributed by atoms with Crippen LogP contribution < -0.4 is 9.47 Å². The van der Waals surface area contributed by atoms with Gasteiger partial charge in [0.15, 0.2) is 17.6 Å². The van der Waals surface area contributed by atoms with Gasteiger partial charge in [0.1, 0.15) is 6.10 Å². The molecule has 2 atom stereocenters. The van der Waals surface area contributed by atoms with Crippen molar-refractivity contribution < 1.29 is 34.1 Å². The predicted octanol–water partition coefficient (Wildman–Crippen LogP) is 0.569. The van der Waals surface area contributed by atoms with Gasteiger partial charge >= 0.3 is 5.97 Å². The van der Waals surface area contributed by atoms with Crippen molar-refractivity contribution in [1.82, 2.24) is 0 Å². The van der Waals surface area contributed by atoms with Crippen LogP contribution in [0.25, 0.3) is 0 Å². The van der Waals surface area contributed by atoms with Crippen molar-refractivity contribution in [2.75, 3.05) is 20.8 Å². The molecule has 2 unspecified atom stereocenters. The second kappa shape index (κ2) is 7.57. The first-order valence-corrected chi connectivity index (χ1v) is 6.30. The molecule has 1 aromatic rings. The largest absolute Gasteiger partial charge is 0.493 e. The fourth-order valence-electron chi connectivity index (χ4n) is 1.81. The number of aliphatic hydroxyl groups is 2. The summed E-state index contributed by atoms with van der Waals surface area (Å²) in [4.78, 5) is 21.8. The van der Waals surface area contributed by atoms with Gasteiger partial charge in [-0.2, -0.15) is 0 Å². The summed E-state index contributed by atoms with van der Waals surface area (Å²) in [6.45, 7) is 1.52. The molecule has 1 aromatic carbocycles. The number of carbonyl (C=O) groups is 1. The smallest absolute Gasteiger partial charge is 0.338 e. The Morgan fingerprint density at radius 1 is 1.27 bits per heavy atom. The van der Waals surface area contributed by atoms with Gasteiger partial charge < -0.3 is 24.4 Å². The van der Waals surface area contributed by atoms with Gasteiger partial charge in [-0.15, -0.1) is 0 Å². The standard InChI is InChI=1S/C13H17NO8/c1-4-22-13(17)12(16)11(15)7-5-9(20-2)10(21-3)6-8(7)14(18)19/h5-6,11-12,15-16H,4H2,1-3H3. The lowest BCUT2D eigenvalue weighted by molar-refractivity contribution is -0.386. The Morgan fingerprint density at radius 2 is 1.82 bits per heavy atom. The Labute approximate surface area is 126 Å². The normalized spacial score (nSPS) is 13.1. The molecule has 0 aromatic heterocycles. The molecule has 0 heterocycles. The third-order valence-electron chi connectivity index (χ3n) is 2.88. The number of methoxy groups -OCH3 is 2. The minimum atomic E-state index is -1.96. The second-order valence-electron chi connectivity index (χ2n) is 4.16. The van der Waals surface area contributed by atoms with E-state index < -0.39 is 28.8 Å². The van der Waals surface area contributed by atoms with Gasteiger partial charge in [-0.1, -0.05) is 0 Å². The monoisotopic (exact) mass is 315 g/mol. The molecule has 9 nitrogen and oxygen atoms in total. The quantitative estimate of drug-likeness (QED) is 0.424. The van der Waals surface area contributed by atoms with Crippen molar-refractivity contribution in [2.45, 2.75) is 19.1 Å². The number of esters is 1. The zero-order valence-corrected chi connectivity index (χ0v) is 12.3. The van der Waals surface area contributed by atoms with E-state index in [1.54, 1.807) is 0 Å². The number of nitro groups is 1.